The number of likely N-dealkylation sites (tertiary alicyclic amines) is 1. The van der Waals surface area contributed by atoms with Gasteiger partial charge in [0.05, 0.1) is 47.3 Å². The number of aryl methyl sites for hydroxylation is 1. The van der Waals surface area contributed by atoms with Gasteiger partial charge >= 0.3 is 5.97 Å². The summed E-state index contributed by atoms with van der Waals surface area (Å²) in [4.78, 5) is 131. The van der Waals surface area contributed by atoms with Gasteiger partial charge in [-0.3, -0.25) is 33.6 Å². The van der Waals surface area contributed by atoms with E-state index >= 15 is 4.79 Å². The van der Waals surface area contributed by atoms with Crippen LogP contribution in [0.1, 0.15) is 130 Å². The predicted molar refractivity (Wildman–Crippen MR) is 339 cm³/mol. The number of aliphatic carboxylic acids is 1. The highest BCUT2D eigenvalue weighted by Gasteiger charge is 2.37. The molecule has 30 heteroatoms. The Morgan fingerprint density at radius 1 is 0.667 bits per heavy atom. The van der Waals surface area contributed by atoms with Gasteiger partial charge in [-0.2, -0.15) is 0 Å². The van der Waals surface area contributed by atoms with Gasteiger partial charge in [0.1, 0.15) is 76.7 Å². The first kappa shape index (κ1) is 63.1. The van der Waals surface area contributed by atoms with E-state index in [1.165, 1.54) is 50.9 Å². The molecule has 7 aromatic heterocycles. The number of aromatic hydroxyl groups is 1. The zero-order valence-corrected chi connectivity index (χ0v) is 52.7. The number of rotatable bonds is 13. The van der Waals surface area contributed by atoms with E-state index in [0.29, 0.717) is 90.3 Å². The molecule has 9 aromatic rings. The normalized spacial score (nSPS) is 19.0. The summed E-state index contributed by atoms with van der Waals surface area (Å²) in [5.74, 6) is -7.35. The van der Waals surface area contributed by atoms with E-state index in [9.17, 15) is 49.2 Å². The maximum atomic E-state index is 15.2. The number of Topliss-reactive ketones (excluding diaryl/α,β-unsaturated/α-hetero) is 1. The van der Waals surface area contributed by atoms with Crippen LogP contribution in [-0.4, -0.2) is 133 Å². The van der Waals surface area contributed by atoms with Crippen molar-refractivity contribution < 1.29 is 54.0 Å². The number of ketones is 1. The summed E-state index contributed by atoms with van der Waals surface area (Å²) < 4.78 is 0. The van der Waals surface area contributed by atoms with Gasteiger partial charge in [0.15, 0.2) is 5.78 Å². The number of β-amino-alcohol motifs (C(OH)–C–C–N with tert-alkyl or cyclic N) is 1. The monoisotopic (exact) mass is 1330 g/mol. The average molecular weight is 1330 g/mol. The topological polar surface area (TPSA) is 382 Å². The number of nitrogens with zero attached hydrogens (tertiary/aromatic N) is 8. The number of pyridine rings is 1. The van der Waals surface area contributed by atoms with E-state index in [1.807, 2.05) is 4.90 Å². The van der Waals surface area contributed by atoms with Crippen molar-refractivity contribution in [1.29, 1.82) is 0 Å². The number of phenols is 1. The first-order valence-corrected chi connectivity index (χ1v) is 33.4. The van der Waals surface area contributed by atoms with Crippen molar-refractivity contribution >= 4 is 109 Å². The van der Waals surface area contributed by atoms with Crippen LogP contribution in [0, 0.1) is 18.8 Å². The molecule has 9 heterocycles. The van der Waals surface area contributed by atoms with Crippen LogP contribution in [0.25, 0.3) is 43.4 Å². The number of amides is 5. The van der Waals surface area contributed by atoms with Crippen molar-refractivity contribution in [3.8, 4) is 49.1 Å². The number of aromatic nitrogens is 7. The maximum Gasteiger partial charge on any atom is 0.306 e. The van der Waals surface area contributed by atoms with Crippen LogP contribution in [-0.2, 0) is 20.8 Å². The van der Waals surface area contributed by atoms with Crippen LogP contribution < -0.4 is 27.4 Å². The number of carboxylic acids is 1. The van der Waals surface area contributed by atoms with E-state index in [2.05, 4.69) is 25.9 Å². The number of phenolic OH excluding ortho intramolecular Hbond substituents is 1. The van der Waals surface area contributed by atoms with Crippen LogP contribution >= 0.6 is 68.0 Å². The molecule has 0 radical (unpaired) electrons. The van der Waals surface area contributed by atoms with E-state index in [4.69, 9.17) is 36.4 Å². The number of aliphatic hydroxyl groups is 2. The SMILES string of the molecule is Cc1sc2nc1C(=O)C[C@@H]([C@H](O)c1ccccc1)c1nc(cs1)C(=O)N[C@@H](Cc1ccc(O)cc1)C(=O)N[C@@H]([C@@H](C)[C@@H](O)CN1CCC(C(=O)O)CC1)c1nc(cs1)-c1nc(cs1)-c1nc(-c3nc(C(N)=O)cs3)ccc1-c1nc(cs1)C(=O)N[C@H]2CC(N)=O. The number of aliphatic hydroxyl groups excluding tert-OH is 2. The largest absolute Gasteiger partial charge is 0.508 e. The molecule has 2 aromatic carbocycles. The second-order valence-electron chi connectivity index (χ2n) is 21.7. The highest BCUT2D eigenvalue weighted by atomic mass is 32.1. The summed E-state index contributed by atoms with van der Waals surface area (Å²) in [5, 5.41) is 62.9. The Balaban J connectivity index is 1.01. The number of carbonyl (C=O) groups is 7. The number of hydrogen-bond donors (Lipinski definition) is 9. The van der Waals surface area contributed by atoms with E-state index in [1.54, 1.807) is 79.2 Å². The summed E-state index contributed by atoms with van der Waals surface area (Å²) in [5.41, 5.74) is 14.2. The Labute approximate surface area is 537 Å². The molecule has 90 heavy (non-hydrogen) atoms. The molecule has 5 amide bonds. The maximum absolute atomic E-state index is 15.2. The number of fused-ring (bicyclic) bond motifs is 14. The minimum Gasteiger partial charge on any atom is -0.508 e. The van der Waals surface area contributed by atoms with Crippen LogP contribution in [0.3, 0.4) is 0 Å². The predicted octanol–water partition coefficient (Wildman–Crippen LogP) is 7.34. The number of carbonyl (C=O) groups excluding carboxylic acids is 6. The fraction of sp³-hybridized carbons (Fsp3) is 0.300. The molecule has 2 aliphatic rings. The number of thiazole rings is 6. The highest BCUT2D eigenvalue weighted by Crippen LogP contribution is 2.41. The van der Waals surface area contributed by atoms with Gasteiger partial charge < -0.3 is 52.7 Å². The fourth-order valence-electron chi connectivity index (χ4n) is 10.5. The molecule has 0 saturated carbocycles. The first-order chi connectivity index (χ1) is 43.2. The number of carboxylic acid groups (broad SMARTS) is 1. The zero-order valence-electron chi connectivity index (χ0n) is 47.8. The van der Waals surface area contributed by atoms with Gasteiger partial charge in [-0.05, 0) is 68.2 Å². The molecule has 7 atom stereocenters. The van der Waals surface area contributed by atoms with Crippen LogP contribution in [0.2, 0.25) is 0 Å². The molecule has 11 N–H and O–H groups in total. The van der Waals surface area contributed by atoms with Crippen molar-refractivity contribution in [2.75, 3.05) is 19.6 Å². The summed E-state index contributed by atoms with van der Waals surface area (Å²) >= 11 is 6.82. The summed E-state index contributed by atoms with van der Waals surface area (Å²) in [6.45, 7) is 4.42. The smallest absolute Gasteiger partial charge is 0.306 e. The van der Waals surface area contributed by atoms with E-state index in [0.717, 1.165) is 45.3 Å². The lowest BCUT2D eigenvalue weighted by Crippen LogP contribution is -2.51. The third kappa shape index (κ3) is 14.3. The molecule has 0 unspecified atom stereocenters. The Hall–Kier alpha value is -8.46. The number of benzene rings is 2. The summed E-state index contributed by atoms with van der Waals surface area (Å²) in [7, 11) is 0. The minimum absolute atomic E-state index is 0.00755. The number of nitrogens with two attached hydrogens (primary N) is 2. The second-order valence-corrected chi connectivity index (χ2v) is 27.3. The van der Waals surface area contributed by atoms with E-state index in [-0.39, 0.29) is 57.9 Å². The molecule has 1 saturated heterocycles. The van der Waals surface area contributed by atoms with Gasteiger partial charge in [-0.1, -0.05) is 49.4 Å². The quantitative estimate of drug-likeness (QED) is 0.0545. The molecular formula is C60H57N13O11S6. The molecule has 2 aliphatic heterocycles. The van der Waals surface area contributed by atoms with Crippen LogP contribution in [0.5, 0.6) is 5.75 Å². The second kappa shape index (κ2) is 27.3. The molecular weight excluding hydrogens is 1270 g/mol. The molecule has 464 valence electrons. The van der Waals surface area contributed by atoms with Gasteiger partial charge in [0.2, 0.25) is 11.8 Å². The highest BCUT2D eigenvalue weighted by molar-refractivity contribution is 7.15. The minimum atomic E-state index is -1.33. The van der Waals surface area contributed by atoms with Gasteiger partial charge in [0, 0.05) is 68.6 Å². The van der Waals surface area contributed by atoms with Crippen molar-refractivity contribution in [2.45, 2.75) is 82.2 Å². The molecule has 24 nitrogen and oxygen atoms in total. The lowest BCUT2D eigenvalue weighted by atomic mass is 9.90. The molecule has 1 fully saturated rings. The number of piperidine rings is 1. The molecule has 0 spiro atoms. The van der Waals surface area contributed by atoms with Crippen LogP contribution in [0.15, 0.2) is 93.6 Å². The number of hydrogen-bond acceptors (Lipinski definition) is 24. The summed E-state index contributed by atoms with van der Waals surface area (Å²) in [6, 6.07) is 14.7. The molecule has 10 bridgehead atoms. The van der Waals surface area contributed by atoms with Gasteiger partial charge in [-0.25, -0.2) is 34.9 Å². The van der Waals surface area contributed by atoms with Crippen molar-refractivity contribution in [1.82, 2.24) is 55.7 Å². The number of nitrogens with one attached hydrogen (secondary N) is 3. The van der Waals surface area contributed by atoms with E-state index < -0.39 is 95.8 Å². The Bertz CT molecular complexity index is 4150. The lowest BCUT2D eigenvalue weighted by molar-refractivity contribution is -0.143. The van der Waals surface area contributed by atoms with Crippen molar-refractivity contribution in [3.63, 3.8) is 0 Å². The number of primary amides is 2. The summed E-state index contributed by atoms with van der Waals surface area (Å²) in [6.07, 6.45) is -2.47. The average Bonchev–Trinajstić information content (AvgIpc) is 3.59. The Morgan fingerprint density at radius 3 is 2.01 bits per heavy atom. The zero-order chi connectivity index (χ0) is 63.5. The standard InChI is InChI=1S/C60H57N13O11S6/c1-27(44(76)21-73-16-14-31(15-17-73)60(83)84)46-59-70-42(26-89-59)57-66-38(22-87-57)48-33(12-13-35(63-48)56-67-39(23-88-56)50(62)79)54-68-41(24-85-54)53(82)65-37(20-45(61)77)58-72-47(28(2)90-58)43(75)19-34(49(78)30-6-4-3-5-7-30)55-69-40(25-86-55)52(81)64-36(51(80)71-46)18-29-8-10-32(74)11-9-29/h3-13,22-27,31,34,36-37,44,46,49,74,76,78H,14-21H2,1-2H3,(H2,61,77)(H2,62,79)(H,64,81)(H,65,82)(H,71,80)(H,83,84)/t27-,34-,36-,37-,44-,46-,49+/m0/s1. The Kier molecular flexibility index (Phi) is 19.2. The third-order valence-corrected chi connectivity index (χ3v) is 21.1. The first-order valence-electron chi connectivity index (χ1n) is 28.2. The Morgan fingerprint density at radius 2 is 1.30 bits per heavy atom. The molecule has 0 aliphatic carbocycles. The lowest BCUT2D eigenvalue weighted by Gasteiger charge is -2.35. The van der Waals surface area contributed by atoms with Crippen molar-refractivity contribution in [3.05, 3.63) is 147 Å². The van der Waals surface area contributed by atoms with Crippen LogP contribution in [0.4, 0.5) is 0 Å². The fourth-order valence-corrected chi connectivity index (χ4v) is 15.8. The van der Waals surface area contributed by atoms with Gasteiger partial charge in [0.25, 0.3) is 17.7 Å². The molecule has 11 rings (SSSR count). The van der Waals surface area contributed by atoms with Crippen molar-refractivity contribution in [2.24, 2.45) is 23.3 Å². The third-order valence-electron chi connectivity index (χ3n) is 15.5. The van der Waals surface area contributed by atoms with Gasteiger partial charge in [-0.15, -0.1) is 68.0 Å².